The molecule has 0 fully saturated rings. The normalized spacial score (nSPS) is 10.6. The number of pyridine rings is 1. The summed E-state index contributed by atoms with van der Waals surface area (Å²) in [5, 5.41) is 1.59. The Hall–Kier alpha value is -0.610. The number of aromatic nitrogens is 1. The van der Waals surface area contributed by atoms with Gasteiger partial charge in [0.2, 0.25) is 0 Å². The van der Waals surface area contributed by atoms with Crippen LogP contribution in [0.4, 0.5) is 0 Å². The highest BCUT2D eigenvalue weighted by atomic mass is 79.9. The van der Waals surface area contributed by atoms with Gasteiger partial charge in [-0.05, 0) is 28.1 Å². The van der Waals surface area contributed by atoms with Crippen LogP contribution in [0.3, 0.4) is 0 Å². The highest BCUT2D eigenvalue weighted by Gasteiger charge is 2.04. The van der Waals surface area contributed by atoms with Crippen LogP contribution in [0.5, 0.6) is 0 Å². The van der Waals surface area contributed by atoms with Crippen LogP contribution in [0.15, 0.2) is 38.1 Å². The fourth-order valence-corrected chi connectivity index (χ4v) is 2.62. The third-order valence-electron chi connectivity index (χ3n) is 1.83. The van der Waals surface area contributed by atoms with Gasteiger partial charge >= 0.3 is 0 Å². The first-order valence-corrected chi connectivity index (χ1v) is 5.24. The van der Waals surface area contributed by atoms with E-state index in [0.29, 0.717) is 5.39 Å². The first kappa shape index (κ1) is 8.97. The molecule has 1 heterocycles. The number of nitrogens with one attached hydrogen (secondary N) is 1. The van der Waals surface area contributed by atoms with Gasteiger partial charge in [0.05, 0.1) is 0 Å². The van der Waals surface area contributed by atoms with E-state index < -0.39 is 0 Å². The van der Waals surface area contributed by atoms with Crippen molar-refractivity contribution in [1.29, 1.82) is 0 Å². The summed E-state index contributed by atoms with van der Waals surface area (Å²) in [4.78, 5) is 14.0. The maximum atomic E-state index is 11.4. The van der Waals surface area contributed by atoms with E-state index in [-0.39, 0.29) is 5.56 Å². The zero-order chi connectivity index (χ0) is 9.42. The van der Waals surface area contributed by atoms with Crippen molar-refractivity contribution in [3.8, 4) is 0 Å². The monoisotopic (exact) mass is 301 g/mol. The van der Waals surface area contributed by atoms with E-state index in [0.717, 1.165) is 14.3 Å². The fraction of sp³-hybridized carbons (Fsp3) is 0. The van der Waals surface area contributed by atoms with Gasteiger partial charge in [-0.1, -0.05) is 22.0 Å². The van der Waals surface area contributed by atoms with Crippen LogP contribution in [0.25, 0.3) is 10.8 Å². The van der Waals surface area contributed by atoms with E-state index in [1.165, 1.54) is 0 Å². The Balaban J connectivity index is 3.09. The van der Waals surface area contributed by atoms with E-state index in [1.807, 2.05) is 12.1 Å². The third-order valence-corrected chi connectivity index (χ3v) is 3.11. The number of hydrogen-bond acceptors (Lipinski definition) is 1. The Morgan fingerprint density at radius 2 is 1.92 bits per heavy atom. The van der Waals surface area contributed by atoms with Gasteiger partial charge in [-0.15, -0.1) is 0 Å². The van der Waals surface area contributed by atoms with E-state index in [2.05, 4.69) is 36.8 Å². The smallest absolute Gasteiger partial charge is 0.255 e. The summed E-state index contributed by atoms with van der Waals surface area (Å²) in [6, 6.07) is 5.55. The van der Waals surface area contributed by atoms with Gasteiger partial charge < -0.3 is 4.98 Å². The van der Waals surface area contributed by atoms with Gasteiger partial charge in [-0.3, -0.25) is 4.79 Å². The van der Waals surface area contributed by atoms with Gasteiger partial charge in [0.1, 0.15) is 0 Å². The molecule has 1 N–H and O–H groups in total. The molecule has 0 aliphatic heterocycles. The minimum atomic E-state index is -0.0699. The van der Waals surface area contributed by atoms with E-state index in [1.54, 1.807) is 12.3 Å². The van der Waals surface area contributed by atoms with Gasteiger partial charge in [-0.25, -0.2) is 0 Å². The molecule has 0 saturated heterocycles. The first-order chi connectivity index (χ1) is 6.20. The first-order valence-electron chi connectivity index (χ1n) is 3.65. The van der Waals surface area contributed by atoms with Gasteiger partial charge in [-0.2, -0.15) is 0 Å². The molecule has 66 valence electrons. The Morgan fingerprint density at radius 3 is 2.62 bits per heavy atom. The number of halogens is 2. The molecular formula is C9H5Br2NO. The maximum absolute atomic E-state index is 11.4. The van der Waals surface area contributed by atoms with Crippen LogP contribution in [0.2, 0.25) is 0 Å². The molecule has 2 aromatic rings. The second-order valence-electron chi connectivity index (χ2n) is 2.63. The predicted octanol–water partition coefficient (Wildman–Crippen LogP) is 3.05. The Kier molecular flexibility index (Phi) is 2.26. The number of hydrogen-bond donors (Lipinski definition) is 1. The molecule has 2 nitrogen and oxygen atoms in total. The lowest BCUT2D eigenvalue weighted by Gasteiger charge is -2.01. The second kappa shape index (κ2) is 3.27. The van der Waals surface area contributed by atoms with Crippen molar-refractivity contribution in [1.82, 2.24) is 4.98 Å². The molecule has 0 atom stereocenters. The standard InChI is InChI=1S/C9H5Br2NO/c10-6-3-1-2-5-8(6)7(11)4-12-9(5)13/h1-4H,(H,12,13). The van der Waals surface area contributed by atoms with Crippen molar-refractivity contribution >= 4 is 42.6 Å². The van der Waals surface area contributed by atoms with Crippen molar-refractivity contribution in [3.05, 3.63) is 43.7 Å². The lowest BCUT2D eigenvalue weighted by molar-refractivity contribution is 1.26. The Morgan fingerprint density at radius 1 is 1.15 bits per heavy atom. The minimum Gasteiger partial charge on any atom is -0.327 e. The van der Waals surface area contributed by atoms with Crippen LogP contribution in [0.1, 0.15) is 0 Å². The molecule has 0 spiro atoms. The van der Waals surface area contributed by atoms with E-state index >= 15 is 0 Å². The molecule has 13 heavy (non-hydrogen) atoms. The summed E-state index contributed by atoms with van der Waals surface area (Å²) in [5.41, 5.74) is -0.0699. The van der Waals surface area contributed by atoms with Crippen molar-refractivity contribution in [2.24, 2.45) is 0 Å². The molecule has 1 aromatic heterocycles. The van der Waals surface area contributed by atoms with Gasteiger partial charge in [0, 0.05) is 25.9 Å². The van der Waals surface area contributed by atoms with Crippen LogP contribution < -0.4 is 5.56 Å². The van der Waals surface area contributed by atoms with Crippen LogP contribution in [-0.4, -0.2) is 4.98 Å². The molecule has 0 unspecified atom stereocenters. The molecule has 0 radical (unpaired) electrons. The summed E-state index contributed by atoms with van der Waals surface area (Å²) >= 11 is 6.78. The van der Waals surface area contributed by atoms with Crippen LogP contribution in [0, 0.1) is 0 Å². The number of rotatable bonds is 0. The van der Waals surface area contributed by atoms with Crippen LogP contribution >= 0.6 is 31.9 Å². The number of fused-ring (bicyclic) bond motifs is 1. The molecule has 0 aliphatic rings. The molecule has 2 rings (SSSR count). The van der Waals surface area contributed by atoms with E-state index in [9.17, 15) is 4.79 Å². The zero-order valence-electron chi connectivity index (χ0n) is 6.47. The molecular weight excluding hydrogens is 298 g/mol. The molecule has 0 bridgehead atoms. The highest BCUT2D eigenvalue weighted by Crippen LogP contribution is 2.27. The third kappa shape index (κ3) is 1.44. The lowest BCUT2D eigenvalue weighted by Crippen LogP contribution is -2.04. The molecule has 4 heteroatoms. The molecule has 1 aromatic carbocycles. The quantitative estimate of drug-likeness (QED) is 0.797. The highest BCUT2D eigenvalue weighted by molar-refractivity contribution is 9.11. The SMILES string of the molecule is O=c1[nH]cc(Br)c2c(Br)cccc12. The summed E-state index contributed by atoms with van der Waals surface area (Å²) in [6.45, 7) is 0. The van der Waals surface area contributed by atoms with Crippen molar-refractivity contribution in [2.45, 2.75) is 0 Å². The van der Waals surface area contributed by atoms with Gasteiger partial charge in [0.15, 0.2) is 0 Å². The predicted molar refractivity (Wildman–Crippen MR) is 60.0 cm³/mol. The van der Waals surface area contributed by atoms with Crippen molar-refractivity contribution in [3.63, 3.8) is 0 Å². The maximum Gasteiger partial charge on any atom is 0.255 e. The van der Waals surface area contributed by atoms with Crippen molar-refractivity contribution in [2.75, 3.05) is 0 Å². The largest absolute Gasteiger partial charge is 0.327 e. The molecule has 0 amide bonds. The summed E-state index contributed by atoms with van der Waals surface area (Å²) in [7, 11) is 0. The Labute approximate surface area is 91.2 Å². The average Bonchev–Trinajstić information content (AvgIpc) is 2.12. The topological polar surface area (TPSA) is 32.9 Å². The van der Waals surface area contributed by atoms with E-state index in [4.69, 9.17) is 0 Å². The van der Waals surface area contributed by atoms with Gasteiger partial charge in [0.25, 0.3) is 5.56 Å². The number of benzene rings is 1. The lowest BCUT2D eigenvalue weighted by atomic mass is 10.2. The zero-order valence-corrected chi connectivity index (χ0v) is 9.65. The summed E-state index contributed by atoms with van der Waals surface area (Å²) in [6.07, 6.45) is 1.65. The second-order valence-corrected chi connectivity index (χ2v) is 4.34. The molecule has 0 aliphatic carbocycles. The van der Waals surface area contributed by atoms with Crippen LogP contribution in [-0.2, 0) is 0 Å². The van der Waals surface area contributed by atoms with Crippen molar-refractivity contribution < 1.29 is 0 Å². The minimum absolute atomic E-state index is 0.0699. The fourth-order valence-electron chi connectivity index (χ4n) is 1.23. The molecule has 0 saturated carbocycles. The number of H-pyrrole nitrogens is 1. The average molecular weight is 303 g/mol. The summed E-state index contributed by atoms with van der Waals surface area (Å²) in [5.74, 6) is 0. The Bertz CT molecular complexity index is 510. The summed E-state index contributed by atoms with van der Waals surface area (Å²) < 4.78 is 1.80. The number of aromatic amines is 1.